The third kappa shape index (κ3) is 9.82. The minimum absolute atomic E-state index is 0.0716. The summed E-state index contributed by atoms with van der Waals surface area (Å²) in [6.07, 6.45) is 1.00. The number of sulfonamides is 1. The first-order chi connectivity index (χ1) is 4.92. The fraction of sp³-hybridized carbons (Fsp3) is 1.00. The van der Waals surface area contributed by atoms with Crippen molar-refractivity contribution < 1.29 is 16.8 Å². The quantitative estimate of drug-likeness (QED) is 0.344. The first kappa shape index (κ1) is 10.8. The summed E-state index contributed by atoms with van der Waals surface area (Å²) in [4.78, 5) is 0. The maximum Gasteiger partial charge on any atom is 0.208 e. The number of nitrogens with one attached hydrogen (secondary N) is 2. The molecule has 68 valence electrons. The van der Waals surface area contributed by atoms with Crippen LogP contribution in [0.1, 0.15) is 0 Å². The molecular formula is C3H10N2O4S2. The lowest BCUT2D eigenvalue weighted by Gasteiger charge is -1.98. The van der Waals surface area contributed by atoms with Crippen LogP contribution in [0.15, 0.2) is 0 Å². The van der Waals surface area contributed by atoms with Gasteiger partial charge in [-0.05, 0) is 0 Å². The van der Waals surface area contributed by atoms with Crippen molar-refractivity contribution in [2.45, 2.75) is 0 Å². The van der Waals surface area contributed by atoms with Crippen LogP contribution in [0.25, 0.3) is 0 Å². The van der Waals surface area contributed by atoms with Crippen LogP contribution in [0.4, 0.5) is 0 Å². The predicted molar refractivity (Wildman–Crippen MR) is 41.2 cm³/mol. The highest BCUT2D eigenvalue weighted by atomic mass is 32.2. The van der Waals surface area contributed by atoms with Crippen LogP contribution in [0.5, 0.6) is 0 Å². The summed E-state index contributed by atoms with van der Waals surface area (Å²) in [7, 11) is -5.84. The standard InChI is InChI=1S/C3H10N2O4S2/c1-11(8,9)5-3-2-4-10(6)7/h5,10H,2-3H2,1H3,(H,4,6,7). The zero-order valence-corrected chi connectivity index (χ0v) is 7.61. The van der Waals surface area contributed by atoms with E-state index in [0.29, 0.717) is 0 Å². The first-order valence-electron chi connectivity index (χ1n) is 2.74. The van der Waals surface area contributed by atoms with E-state index in [-0.39, 0.29) is 13.1 Å². The van der Waals surface area contributed by atoms with E-state index in [9.17, 15) is 16.8 Å². The average molecular weight is 202 g/mol. The summed E-state index contributed by atoms with van der Waals surface area (Å²) in [5, 5.41) is 0. The molecule has 0 unspecified atom stereocenters. The summed E-state index contributed by atoms with van der Waals surface area (Å²) in [6.45, 7) is 0.147. The summed E-state index contributed by atoms with van der Waals surface area (Å²) >= 11 is 0. The molecule has 0 aromatic rings. The average Bonchev–Trinajstić information content (AvgIpc) is 1.78. The summed E-state index contributed by atoms with van der Waals surface area (Å²) in [5.74, 6) is 0. The Balaban J connectivity index is 3.44. The Morgan fingerprint density at radius 1 is 1.27 bits per heavy atom. The molecular weight excluding hydrogens is 192 g/mol. The molecule has 0 saturated heterocycles. The van der Waals surface area contributed by atoms with Gasteiger partial charge in [0.25, 0.3) is 0 Å². The fourth-order valence-corrected chi connectivity index (χ4v) is 1.15. The topological polar surface area (TPSA) is 92.3 Å². The normalized spacial score (nSPS) is 12.2. The van der Waals surface area contributed by atoms with Gasteiger partial charge in [-0.2, -0.15) is 0 Å². The molecule has 0 heterocycles. The van der Waals surface area contributed by atoms with Crippen LogP contribution < -0.4 is 9.44 Å². The number of thiol groups is 1. The molecule has 0 amide bonds. The molecule has 6 nitrogen and oxygen atoms in total. The Hall–Kier alpha value is -0.180. The van der Waals surface area contributed by atoms with Crippen LogP contribution in [-0.4, -0.2) is 36.2 Å². The predicted octanol–water partition coefficient (Wildman–Crippen LogP) is -2.35. The van der Waals surface area contributed by atoms with Gasteiger partial charge in [0.1, 0.15) is 0 Å². The Morgan fingerprint density at radius 3 is 2.18 bits per heavy atom. The van der Waals surface area contributed by atoms with Crippen molar-refractivity contribution in [3.8, 4) is 0 Å². The fourth-order valence-electron chi connectivity index (χ4n) is 0.384. The summed E-state index contributed by atoms with van der Waals surface area (Å²) < 4.78 is 44.7. The Bertz CT molecular complexity index is 259. The van der Waals surface area contributed by atoms with Gasteiger partial charge in [-0.3, -0.25) is 0 Å². The van der Waals surface area contributed by atoms with Crippen LogP contribution in [0.3, 0.4) is 0 Å². The maximum atomic E-state index is 10.4. The van der Waals surface area contributed by atoms with Crippen molar-refractivity contribution in [2.75, 3.05) is 19.3 Å². The Kier molecular flexibility index (Phi) is 4.57. The molecule has 11 heavy (non-hydrogen) atoms. The highest BCUT2D eigenvalue weighted by molar-refractivity contribution is 7.88. The zero-order valence-electron chi connectivity index (χ0n) is 5.90. The molecule has 0 atom stereocenters. The van der Waals surface area contributed by atoms with E-state index in [2.05, 4.69) is 4.72 Å². The van der Waals surface area contributed by atoms with Gasteiger partial charge in [0.05, 0.1) is 6.26 Å². The first-order valence-corrected chi connectivity index (χ1v) is 5.81. The molecule has 0 aromatic carbocycles. The van der Waals surface area contributed by atoms with E-state index < -0.39 is 20.9 Å². The molecule has 0 aliphatic carbocycles. The van der Waals surface area contributed by atoms with Gasteiger partial charge in [-0.25, -0.2) is 26.3 Å². The van der Waals surface area contributed by atoms with E-state index >= 15 is 0 Å². The monoisotopic (exact) mass is 202 g/mol. The molecule has 8 heteroatoms. The lowest BCUT2D eigenvalue weighted by Crippen LogP contribution is -2.30. The second-order valence-corrected chi connectivity index (χ2v) is 4.50. The number of rotatable bonds is 5. The molecule has 0 radical (unpaired) electrons. The van der Waals surface area contributed by atoms with Crippen molar-refractivity contribution in [3.63, 3.8) is 0 Å². The van der Waals surface area contributed by atoms with Crippen molar-refractivity contribution in [3.05, 3.63) is 0 Å². The largest absolute Gasteiger partial charge is 0.216 e. The van der Waals surface area contributed by atoms with Gasteiger partial charge >= 0.3 is 0 Å². The maximum absolute atomic E-state index is 10.4. The van der Waals surface area contributed by atoms with Crippen LogP contribution >= 0.6 is 0 Å². The summed E-state index contributed by atoms with van der Waals surface area (Å²) in [5.41, 5.74) is 0. The van der Waals surface area contributed by atoms with E-state index in [1.807, 2.05) is 4.72 Å². The van der Waals surface area contributed by atoms with Crippen molar-refractivity contribution in [2.24, 2.45) is 0 Å². The molecule has 0 saturated carbocycles. The lowest BCUT2D eigenvalue weighted by molar-refractivity contribution is 0.582. The van der Waals surface area contributed by atoms with Crippen LogP contribution in [0.2, 0.25) is 0 Å². The second kappa shape index (κ2) is 4.65. The van der Waals surface area contributed by atoms with Gasteiger partial charge in [0.15, 0.2) is 0 Å². The van der Waals surface area contributed by atoms with E-state index in [1.54, 1.807) is 0 Å². The van der Waals surface area contributed by atoms with Gasteiger partial charge in [0, 0.05) is 13.1 Å². The summed E-state index contributed by atoms with van der Waals surface area (Å²) in [6, 6.07) is 0. The second-order valence-electron chi connectivity index (χ2n) is 1.83. The lowest BCUT2D eigenvalue weighted by atomic mass is 10.7. The van der Waals surface area contributed by atoms with Gasteiger partial charge in [-0.1, -0.05) is 0 Å². The molecule has 0 aromatic heterocycles. The molecule has 0 aliphatic heterocycles. The van der Waals surface area contributed by atoms with Crippen LogP contribution in [0, 0.1) is 0 Å². The molecule has 0 aliphatic rings. The highest BCUT2D eigenvalue weighted by Crippen LogP contribution is 1.70. The van der Waals surface area contributed by atoms with Crippen molar-refractivity contribution >= 4 is 20.9 Å². The minimum atomic E-state index is -3.21. The Morgan fingerprint density at radius 2 is 1.82 bits per heavy atom. The third-order valence-electron chi connectivity index (χ3n) is 0.730. The third-order valence-corrected chi connectivity index (χ3v) is 1.94. The van der Waals surface area contributed by atoms with Gasteiger partial charge in [-0.15, -0.1) is 0 Å². The van der Waals surface area contributed by atoms with Crippen molar-refractivity contribution in [1.29, 1.82) is 0 Å². The van der Waals surface area contributed by atoms with Gasteiger partial charge in [0.2, 0.25) is 20.9 Å². The molecule has 0 spiro atoms. The molecule has 2 N–H and O–H groups in total. The molecule has 0 bridgehead atoms. The van der Waals surface area contributed by atoms with Crippen molar-refractivity contribution in [1.82, 2.24) is 9.44 Å². The molecule has 0 rings (SSSR count). The zero-order chi connectivity index (χ0) is 8.91. The number of hydrogen-bond donors (Lipinski definition) is 3. The van der Waals surface area contributed by atoms with E-state index in [4.69, 9.17) is 0 Å². The van der Waals surface area contributed by atoms with Crippen LogP contribution in [-0.2, 0) is 20.9 Å². The number of hydrogen-bond acceptors (Lipinski definition) is 4. The highest BCUT2D eigenvalue weighted by Gasteiger charge is 1.97. The van der Waals surface area contributed by atoms with Gasteiger partial charge < -0.3 is 0 Å². The smallest absolute Gasteiger partial charge is 0.208 e. The minimum Gasteiger partial charge on any atom is -0.216 e. The molecule has 0 fully saturated rings. The SMILES string of the molecule is CS(=O)(=O)NCCN[SH](=O)=O. The Labute approximate surface area is 67.1 Å². The van der Waals surface area contributed by atoms with E-state index in [0.717, 1.165) is 6.26 Å². The van der Waals surface area contributed by atoms with E-state index in [1.165, 1.54) is 0 Å².